The summed E-state index contributed by atoms with van der Waals surface area (Å²) in [4.78, 5) is -0.339. The lowest BCUT2D eigenvalue weighted by atomic mass is 10.2. The minimum absolute atomic E-state index is 0.103. The molecule has 0 saturated carbocycles. The van der Waals surface area contributed by atoms with Crippen LogP contribution in [0.15, 0.2) is 23.1 Å². The smallest absolute Gasteiger partial charge is 0.243 e. The molecule has 1 atom stereocenters. The van der Waals surface area contributed by atoms with Gasteiger partial charge in [0.15, 0.2) is 0 Å². The maximum atomic E-state index is 13.7. The van der Waals surface area contributed by atoms with E-state index in [-0.39, 0.29) is 17.5 Å². The number of halogens is 1. The maximum absolute atomic E-state index is 13.7. The number of ether oxygens (including phenoxy) is 1. The number of nitrogens with one attached hydrogen (secondary N) is 2. The van der Waals surface area contributed by atoms with E-state index in [2.05, 4.69) is 10.0 Å². The van der Waals surface area contributed by atoms with Gasteiger partial charge >= 0.3 is 0 Å². The van der Waals surface area contributed by atoms with Crippen molar-refractivity contribution in [3.8, 4) is 0 Å². The summed E-state index contributed by atoms with van der Waals surface area (Å²) in [5.41, 5.74) is 0.701. The molecule has 0 aliphatic heterocycles. The van der Waals surface area contributed by atoms with E-state index < -0.39 is 15.8 Å². The van der Waals surface area contributed by atoms with Crippen molar-refractivity contribution in [1.82, 2.24) is 10.0 Å². The van der Waals surface area contributed by atoms with E-state index in [9.17, 15) is 12.8 Å². The minimum Gasteiger partial charge on any atom is -0.377 e. The molecule has 0 spiro atoms. The molecule has 1 aromatic carbocycles. The van der Waals surface area contributed by atoms with Gasteiger partial charge in [0, 0.05) is 19.7 Å². The van der Waals surface area contributed by atoms with E-state index in [1.54, 1.807) is 20.0 Å². The van der Waals surface area contributed by atoms with Crippen molar-refractivity contribution in [1.29, 1.82) is 0 Å². The first kappa shape index (κ1) is 17.0. The molecule has 0 bridgehead atoms. The predicted molar refractivity (Wildman–Crippen MR) is 75.4 cm³/mol. The predicted octanol–water partition coefficient (Wildman–Crippen LogP) is 1.25. The van der Waals surface area contributed by atoms with Crippen molar-refractivity contribution in [3.05, 3.63) is 29.6 Å². The molecular formula is C13H21FN2O3S. The standard InChI is InChI=1S/C13H21FN2O3S/c1-4-19-10(2)8-16-20(17,18)13-7-11(9-15-3)5-6-12(13)14/h5-7,10,15-16H,4,8-9H2,1-3H3. The van der Waals surface area contributed by atoms with Gasteiger partial charge in [-0.25, -0.2) is 17.5 Å². The zero-order valence-electron chi connectivity index (χ0n) is 11.9. The average molecular weight is 304 g/mol. The molecular weight excluding hydrogens is 283 g/mol. The molecule has 0 fully saturated rings. The Kier molecular flexibility index (Phi) is 6.54. The van der Waals surface area contributed by atoms with Crippen LogP contribution < -0.4 is 10.0 Å². The highest BCUT2D eigenvalue weighted by Crippen LogP contribution is 2.16. The van der Waals surface area contributed by atoms with Gasteiger partial charge in [-0.3, -0.25) is 0 Å². The van der Waals surface area contributed by atoms with Crippen molar-refractivity contribution >= 4 is 10.0 Å². The summed E-state index contributed by atoms with van der Waals surface area (Å²) in [7, 11) is -2.14. The SMILES string of the molecule is CCOC(C)CNS(=O)(=O)c1cc(CNC)ccc1F. The van der Waals surface area contributed by atoms with E-state index in [1.807, 2.05) is 6.92 Å². The molecule has 20 heavy (non-hydrogen) atoms. The lowest BCUT2D eigenvalue weighted by molar-refractivity contribution is 0.0799. The zero-order chi connectivity index (χ0) is 15.2. The van der Waals surface area contributed by atoms with Crippen molar-refractivity contribution in [3.63, 3.8) is 0 Å². The van der Waals surface area contributed by atoms with Crippen LogP contribution in [-0.4, -0.2) is 34.7 Å². The van der Waals surface area contributed by atoms with Gasteiger partial charge in [-0.2, -0.15) is 0 Å². The van der Waals surface area contributed by atoms with Crippen LogP contribution in [0.3, 0.4) is 0 Å². The second-order valence-electron chi connectivity index (χ2n) is 4.41. The van der Waals surface area contributed by atoms with Crippen LogP contribution in [0.2, 0.25) is 0 Å². The van der Waals surface area contributed by atoms with Crippen LogP contribution in [0.25, 0.3) is 0 Å². The first-order valence-corrected chi connectivity index (χ1v) is 7.93. The highest BCUT2D eigenvalue weighted by Gasteiger charge is 2.20. The monoisotopic (exact) mass is 304 g/mol. The Morgan fingerprint density at radius 1 is 1.40 bits per heavy atom. The quantitative estimate of drug-likeness (QED) is 0.758. The number of benzene rings is 1. The van der Waals surface area contributed by atoms with Crippen molar-refractivity contribution in [2.45, 2.75) is 31.4 Å². The fourth-order valence-corrected chi connectivity index (χ4v) is 2.96. The van der Waals surface area contributed by atoms with Crippen molar-refractivity contribution in [2.75, 3.05) is 20.2 Å². The second kappa shape index (κ2) is 7.68. The second-order valence-corrected chi connectivity index (χ2v) is 6.15. The van der Waals surface area contributed by atoms with Gasteiger partial charge in [-0.1, -0.05) is 6.07 Å². The lowest BCUT2D eigenvalue weighted by Gasteiger charge is -2.14. The summed E-state index contributed by atoms with van der Waals surface area (Å²) in [5.74, 6) is -0.763. The van der Waals surface area contributed by atoms with E-state index in [0.29, 0.717) is 18.7 Å². The summed E-state index contributed by atoms with van der Waals surface area (Å²) in [6.07, 6.45) is -0.265. The van der Waals surface area contributed by atoms with Gasteiger partial charge in [0.05, 0.1) is 6.10 Å². The van der Waals surface area contributed by atoms with Gasteiger partial charge < -0.3 is 10.1 Å². The molecule has 1 unspecified atom stereocenters. The van der Waals surface area contributed by atoms with Crippen LogP contribution >= 0.6 is 0 Å². The number of hydrogen-bond donors (Lipinski definition) is 2. The number of sulfonamides is 1. The molecule has 2 N–H and O–H groups in total. The third kappa shape index (κ3) is 4.82. The molecule has 7 heteroatoms. The first-order valence-electron chi connectivity index (χ1n) is 6.45. The lowest BCUT2D eigenvalue weighted by Crippen LogP contribution is -2.32. The Morgan fingerprint density at radius 2 is 2.10 bits per heavy atom. The molecule has 5 nitrogen and oxygen atoms in total. The minimum atomic E-state index is -3.88. The van der Waals surface area contributed by atoms with Crippen LogP contribution in [0.5, 0.6) is 0 Å². The Hall–Kier alpha value is -1.02. The summed E-state index contributed by atoms with van der Waals surface area (Å²) >= 11 is 0. The molecule has 114 valence electrons. The van der Waals surface area contributed by atoms with Crippen LogP contribution in [0.4, 0.5) is 4.39 Å². The highest BCUT2D eigenvalue weighted by atomic mass is 32.2. The fraction of sp³-hybridized carbons (Fsp3) is 0.538. The van der Waals surface area contributed by atoms with E-state index in [0.717, 1.165) is 6.07 Å². The molecule has 0 amide bonds. The normalized spacial score (nSPS) is 13.4. The van der Waals surface area contributed by atoms with Gasteiger partial charge in [0.2, 0.25) is 10.0 Å². The molecule has 0 aliphatic carbocycles. The molecule has 0 aromatic heterocycles. The maximum Gasteiger partial charge on any atom is 0.243 e. The third-order valence-electron chi connectivity index (χ3n) is 2.68. The average Bonchev–Trinajstić information content (AvgIpc) is 2.39. The summed E-state index contributed by atoms with van der Waals surface area (Å²) in [6.45, 7) is 4.64. The van der Waals surface area contributed by atoms with Crippen LogP contribution in [0.1, 0.15) is 19.4 Å². The van der Waals surface area contributed by atoms with Crippen molar-refractivity contribution < 1.29 is 17.5 Å². The largest absolute Gasteiger partial charge is 0.377 e. The summed E-state index contributed by atoms with van der Waals surface area (Å²) in [6, 6.07) is 4.04. The first-order chi connectivity index (χ1) is 9.40. The van der Waals surface area contributed by atoms with Crippen molar-refractivity contribution in [2.24, 2.45) is 0 Å². The van der Waals surface area contributed by atoms with E-state index in [4.69, 9.17) is 4.74 Å². The summed E-state index contributed by atoms with van der Waals surface area (Å²) in [5, 5.41) is 2.89. The number of rotatable bonds is 8. The van der Waals surface area contributed by atoms with E-state index in [1.165, 1.54) is 6.07 Å². The topological polar surface area (TPSA) is 67.4 Å². The molecule has 0 radical (unpaired) electrons. The Morgan fingerprint density at radius 3 is 2.70 bits per heavy atom. The highest BCUT2D eigenvalue weighted by molar-refractivity contribution is 7.89. The summed E-state index contributed by atoms with van der Waals surface area (Å²) < 4.78 is 45.5. The Balaban J connectivity index is 2.88. The molecule has 1 rings (SSSR count). The Labute approximate surface area is 119 Å². The van der Waals surface area contributed by atoms with Gasteiger partial charge in [-0.05, 0) is 38.6 Å². The van der Waals surface area contributed by atoms with Crippen LogP contribution in [0, 0.1) is 5.82 Å². The third-order valence-corrected chi connectivity index (χ3v) is 4.12. The fourth-order valence-electron chi connectivity index (χ4n) is 1.72. The van der Waals surface area contributed by atoms with Gasteiger partial charge in [-0.15, -0.1) is 0 Å². The Bertz CT molecular complexity index is 534. The molecule has 0 saturated heterocycles. The molecule has 0 heterocycles. The van der Waals surface area contributed by atoms with Gasteiger partial charge in [0.1, 0.15) is 10.7 Å². The number of hydrogen-bond acceptors (Lipinski definition) is 4. The van der Waals surface area contributed by atoms with Gasteiger partial charge in [0.25, 0.3) is 0 Å². The van der Waals surface area contributed by atoms with E-state index >= 15 is 0 Å². The zero-order valence-corrected chi connectivity index (χ0v) is 12.8. The molecule has 1 aromatic rings. The van der Waals surface area contributed by atoms with Crippen LogP contribution in [-0.2, 0) is 21.3 Å². The molecule has 0 aliphatic rings.